The SMILES string of the molecule is COc1cc(OC)cc(-c2nnc(SCC(=O)NCC(F)(F)F)o2)c1. The van der Waals surface area contributed by atoms with Crippen LogP contribution in [-0.4, -0.2) is 48.8 Å². The molecule has 136 valence electrons. The number of methoxy groups -OCH3 is 2. The number of hydrogen-bond acceptors (Lipinski definition) is 7. The fourth-order valence-corrected chi connectivity index (χ4v) is 2.29. The Morgan fingerprint density at radius 3 is 2.40 bits per heavy atom. The summed E-state index contributed by atoms with van der Waals surface area (Å²) in [6, 6.07) is 4.97. The molecule has 1 aromatic carbocycles. The van der Waals surface area contributed by atoms with Crippen LogP contribution in [0.5, 0.6) is 11.5 Å². The summed E-state index contributed by atoms with van der Waals surface area (Å²) in [6.45, 7) is -1.38. The van der Waals surface area contributed by atoms with Crippen LogP contribution in [0.2, 0.25) is 0 Å². The van der Waals surface area contributed by atoms with Crippen molar-refractivity contribution >= 4 is 17.7 Å². The highest BCUT2D eigenvalue weighted by atomic mass is 32.2. The van der Waals surface area contributed by atoms with E-state index in [1.54, 1.807) is 23.5 Å². The van der Waals surface area contributed by atoms with Crippen molar-refractivity contribution < 1.29 is 31.9 Å². The Labute approximate surface area is 144 Å². The molecule has 0 atom stereocenters. The smallest absolute Gasteiger partial charge is 0.405 e. The molecule has 2 rings (SSSR count). The van der Waals surface area contributed by atoms with Crippen molar-refractivity contribution in [3.8, 4) is 23.0 Å². The predicted octanol–water partition coefficient (Wildman–Crippen LogP) is 2.52. The molecular formula is C14H14F3N3O4S. The average molecular weight is 377 g/mol. The molecule has 0 radical (unpaired) electrons. The molecule has 0 saturated heterocycles. The van der Waals surface area contributed by atoms with Gasteiger partial charge in [-0.2, -0.15) is 13.2 Å². The van der Waals surface area contributed by atoms with E-state index >= 15 is 0 Å². The van der Waals surface area contributed by atoms with E-state index in [1.807, 2.05) is 0 Å². The summed E-state index contributed by atoms with van der Waals surface area (Å²) in [5, 5.41) is 9.40. The summed E-state index contributed by atoms with van der Waals surface area (Å²) in [6.07, 6.45) is -4.45. The third kappa shape index (κ3) is 5.85. The molecule has 0 fully saturated rings. The molecule has 1 aromatic heterocycles. The maximum absolute atomic E-state index is 12.0. The maximum atomic E-state index is 12.0. The van der Waals surface area contributed by atoms with Gasteiger partial charge in [-0.05, 0) is 12.1 Å². The topological polar surface area (TPSA) is 86.5 Å². The first-order chi connectivity index (χ1) is 11.8. The lowest BCUT2D eigenvalue weighted by Crippen LogP contribution is -2.34. The number of benzene rings is 1. The van der Waals surface area contributed by atoms with E-state index in [0.717, 1.165) is 11.8 Å². The van der Waals surface area contributed by atoms with Crippen molar-refractivity contribution in [1.29, 1.82) is 0 Å². The number of ether oxygens (including phenoxy) is 2. The number of carbonyl (C=O) groups is 1. The number of aromatic nitrogens is 2. The molecular weight excluding hydrogens is 363 g/mol. The summed E-state index contributed by atoms with van der Waals surface area (Å²) in [4.78, 5) is 11.4. The number of halogens is 3. The van der Waals surface area contributed by atoms with Gasteiger partial charge in [-0.3, -0.25) is 4.79 Å². The Hall–Kier alpha value is -2.43. The van der Waals surface area contributed by atoms with E-state index in [9.17, 15) is 18.0 Å². The second-order valence-electron chi connectivity index (χ2n) is 4.66. The molecule has 11 heteroatoms. The molecule has 0 aliphatic heterocycles. The lowest BCUT2D eigenvalue weighted by atomic mass is 10.2. The molecule has 0 saturated carbocycles. The van der Waals surface area contributed by atoms with Gasteiger partial charge < -0.3 is 19.2 Å². The highest BCUT2D eigenvalue weighted by Gasteiger charge is 2.27. The fraction of sp³-hybridized carbons (Fsp3) is 0.357. The molecule has 1 heterocycles. The minimum absolute atomic E-state index is 0.0546. The maximum Gasteiger partial charge on any atom is 0.405 e. The Morgan fingerprint density at radius 2 is 1.84 bits per heavy atom. The molecule has 0 aliphatic rings. The summed E-state index contributed by atoms with van der Waals surface area (Å²) in [7, 11) is 2.99. The van der Waals surface area contributed by atoms with Gasteiger partial charge >= 0.3 is 6.18 Å². The molecule has 1 amide bonds. The number of rotatable bonds is 7. The molecule has 25 heavy (non-hydrogen) atoms. The minimum atomic E-state index is -4.45. The van der Waals surface area contributed by atoms with Crippen LogP contribution in [0.4, 0.5) is 13.2 Å². The van der Waals surface area contributed by atoms with Crippen molar-refractivity contribution in [3.63, 3.8) is 0 Å². The van der Waals surface area contributed by atoms with Gasteiger partial charge in [0.1, 0.15) is 18.0 Å². The average Bonchev–Trinajstić information content (AvgIpc) is 3.06. The number of hydrogen-bond donors (Lipinski definition) is 1. The molecule has 0 aliphatic carbocycles. The largest absolute Gasteiger partial charge is 0.497 e. The van der Waals surface area contributed by atoms with Gasteiger partial charge in [0.15, 0.2) is 0 Å². The normalized spacial score (nSPS) is 11.2. The summed E-state index contributed by atoms with van der Waals surface area (Å²) < 4.78 is 51.7. The van der Waals surface area contributed by atoms with E-state index < -0.39 is 18.6 Å². The van der Waals surface area contributed by atoms with Gasteiger partial charge in [0.25, 0.3) is 5.22 Å². The van der Waals surface area contributed by atoms with Gasteiger partial charge in [-0.25, -0.2) is 0 Å². The van der Waals surface area contributed by atoms with E-state index in [0.29, 0.717) is 17.1 Å². The van der Waals surface area contributed by atoms with Gasteiger partial charge in [-0.1, -0.05) is 11.8 Å². The lowest BCUT2D eigenvalue weighted by molar-refractivity contribution is -0.136. The number of amides is 1. The summed E-state index contributed by atoms with van der Waals surface area (Å²) in [5.41, 5.74) is 0.539. The third-order valence-electron chi connectivity index (χ3n) is 2.82. The van der Waals surface area contributed by atoms with Gasteiger partial charge in [-0.15, -0.1) is 10.2 Å². The quantitative estimate of drug-likeness (QED) is 0.742. The van der Waals surface area contributed by atoms with Crippen LogP contribution < -0.4 is 14.8 Å². The van der Waals surface area contributed by atoms with Gasteiger partial charge in [0.2, 0.25) is 11.8 Å². The summed E-state index contributed by atoms with van der Waals surface area (Å²) in [5.74, 6) is 0.140. The van der Waals surface area contributed by atoms with Crippen LogP contribution >= 0.6 is 11.8 Å². The van der Waals surface area contributed by atoms with Crippen molar-refractivity contribution in [2.75, 3.05) is 26.5 Å². The van der Waals surface area contributed by atoms with Crippen LogP contribution in [0.1, 0.15) is 0 Å². The zero-order valence-corrected chi connectivity index (χ0v) is 14.0. The molecule has 0 bridgehead atoms. The first-order valence-corrected chi connectivity index (χ1v) is 7.82. The number of alkyl halides is 3. The number of nitrogens with zero attached hydrogens (tertiary/aromatic N) is 2. The zero-order chi connectivity index (χ0) is 18.4. The second kappa shape index (κ2) is 8.10. The number of nitrogens with one attached hydrogen (secondary N) is 1. The van der Waals surface area contributed by atoms with E-state index in [-0.39, 0.29) is 16.9 Å². The summed E-state index contributed by atoms with van der Waals surface area (Å²) >= 11 is 0.832. The molecule has 0 spiro atoms. The molecule has 2 aromatic rings. The van der Waals surface area contributed by atoms with Crippen LogP contribution in [0.25, 0.3) is 11.5 Å². The zero-order valence-electron chi connectivity index (χ0n) is 13.2. The van der Waals surface area contributed by atoms with Crippen molar-refractivity contribution in [2.45, 2.75) is 11.4 Å². The van der Waals surface area contributed by atoms with E-state index in [4.69, 9.17) is 13.9 Å². The first-order valence-electron chi connectivity index (χ1n) is 6.84. The van der Waals surface area contributed by atoms with E-state index in [2.05, 4.69) is 10.2 Å². The first kappa shape index (κ1) is 18.9. The Balaban J connectivity index is 1.99. The lowest BCUT2D eigenvalue weighted by Gasteiger charge is -2.07. The van der Waals surface area contributed by atoms with Crippen LogP contribution in [0.15, 0.2) is 27.8 Å². The van der Waals surface area contributed by atoms with Crippen molar-refractivity contribution in [2.24, 2.45) is 0 Å². The van der Waals surface area contributed by atoms with Crippen LogP contribution in [0, 0.1) is 0 Å². The van der Waals surface area contributed by atoms with Gasteiger partial charge in [0.05, 0.1) is 20.0 Å². The Morgan fingerprint density at radius 1 is 1.20 bits per heavy atom. The monoisotopic (exact) mass is 377 g/mol. The fourth-order valence-electron chi connectivity index (χ4n) is 1.69. The molecule has 0 unspecified atom stereocenters. The van der Waals surface area contributed by atoms with Crippen LogP contribution in [-0.2, 0) is 4.79 Å². The van der Waals surface area contributed by atoms with E-state index in [1.165, 1.54) is 14.2 Å². The minimum Gasteiger partial charge on any atom is -0.497 e. The Kier molecular flexibility index (Phi) is 6.12. The molecule has 7 nitrogen and oxygen atoms in total. The van der Waals surface area contributed by atoms with Gasteiger partial charge in [0, 0.05) is 11.6 Å². The highest BCUT2D eigenvalue weighted by Crippen LogP contribution is 2.30. The second-order valence-corrected chi connectivity index (χ2v) is 5.58. The highest BCUT2D eigenvalue weighted by molar-refractivity contribution is 7.99. The van der Waals surface area contributed by atoms with Crippen molar-refractivity contribution in [3.05, 3.63) is 18.2 Å². The number of thioether (sulfide) groups is 1. The van der Waals surface area contributed by atoms with Crippen molar-refractivity contribution in [1.82, 2.24) is 15.5 Å². The van der Waals surface area contributed by atoms with Crippen LogP contribution in [0.3, 0.4) is 0 Å². The predicted molar refractivity (Wildman–Crippen MR) is 82.6 cm³/mol. The third-order valence-corrected chi connectivity index (χ3v) is 3.64. The molecule has 1 N–H and O–H groups in total. The Bertz CT molecular complexity index is 714. The number of carbonyl (C=O) groups excluding carboxylic acids is 1. The standard InChI is InChI=1S/C14H14F3N3O4S/c1-22-9-3-8(4-10(5-9)23-2)12-19-20-13(24-12)25-6-11(21)18-7-14(15,16)17/h3-5H,6-7H2,1-2H3,(H,18,21).